The molecule has 0 aromatic heterocycles. The van der Waals surface area contributed by atoms with Crippen LogP contribution in [0.4, 0.5) is 0 Å². The lowest BCUT2D eigenvalue weighted by atomic mass is 10.00. The molecule has 1 saturated heterocycles. The third kappa shape index (κ3) is 4.87. The smallest absolute Gasteiger partial charge is 0.286 e. The Morgan fingerprint density at radius 1 is 1.13 bits per heavy atom. The molecule has 30 heavy (non-hydrogen) atoms. The van der Waals surface area contributed by atoms with Crippen molar-refractivity contribution in [1.82, 2.24) is 4.90 Å². The van der Waals surface area contributed by atoms with E-state index in [1.807, 2.05) is 54.6 Å². The molecule has 0 atom stereocenters. The molecular formula is C24H26N2O3S. The van der Waals surface area contributed by atoms with Crippen molar-refractivity contribution in [3.8, 4) is 11.5 Å². The Balaban J connectivity index is 1.44. The van der Waals surface area contributed by atoms with Gasteiger partial charge in [0.05, 0.1) is 12.0 Å². The number of amides is 1. The van der Waals surface area contributed by atoms with E-state index in [1.54, 1.807) is 7.11 Å². The van der Waals surface area contributed by atoms with Crippen molar-refractivity contribution in [2.75, 3.05) is 20.2 Å². The van der Waals surface area contributed by atoms with Gasteiger partial charge >= 0.3 is 0 Å². The Hall–Kier alpha value is -2.73. The van der Waals surface area contributed by atoms with Gasteiger partial charge in [-0.25, -0.2) is 0 Å². The number of likely N-dealkylation sites (tertiary alicyclic amines) is 1. The van der Waals surface area contributed by atoms with E-state index in [-0.39, 0.29) is 5.91 Å². The number of hydrogen-bond acceptors (Lipinski definition) is 5. The first-order valence-corrected chi connectivity index (χ1v) is 11.1. The number of benzene rings is 2. The molecule has 2 heterocycles. The van der Waals surface area contributed by atoms with Crippen molar-refractivity contribution in [1.29, 1.82) is 0 Å². The van der Waals surface area contributed by atoms with Crippen molar-refractivity contribution in [2.24, 2.45) is 10.9 Å². The quantitative estimate of drug-likeness (QED) is 0.637. The van der Waals surface area contributed by atoms with Crippen molar-refractivity contribution >= 4 is 28.9 Å². The van der Waals surface area contributed by atoms with Gasteiger partial charge in [-0.15, -0.1) is 0 Å². The third-order valence-electron chi connectivity index (χ3n) is 5.39. The Morgan fingerprint density at radius 3 is 2.63 bits per heavy atom. The molecule has 5 nitrogen and oxygen atoms in total. The van der Waals surface area contributed by atoms with Gasteiger partial charge in [0, 0.05) is 13.1 Å². The molecule has 1 amide bonds. The average Bonchev–Trinajstić information content (AvgIpc) is 3.14. The number of methoxy groups -OCH3 is 1. The van der Waals surface area contributed by atoms with Gasteiger partial charge in [0.25, 0.3) is 5.91 Å². The minimum Gasteiger partial charge on any atom is -0.493 e. The SMILES string of the molecule is COc1cc(C=C2SC(N3CCC(C)CC3)=NC2=O)ccc1OCc1ccccc1. The van der Waals surface area contributed by atoms with E-state index < -0.39 is 0 Å². The van der Waals surface area contributed by atoms with Gasteiger partial charge < -0.3 is 14.4 Å². The Bertz CT molecular complexity index is 964. The predicted octanol–water partition coefficient (Wildman–Crippen LogP) is 4.98. The first-order chi connectivity index (χ1) is 14.6. The number of rotatable bonds is 5. The summed E-state index contributed by atoms with van der Waals surface area (Å²) in [7, 11) is 1.62. The molecular weight excluding hydrogens is 396 g/mol. The van der Waals surface area contributed by atoms with Crippen molar-refractivity contribution in [3.63, 3.8) is 0 Å². The monoisotopic (exact) mass is 422 g/mol. The van der Waals surface area contributed by atoms with Crippen LogP contribution >= 0.6 is 11.8 Å². The first-order valence-electron chi connectivity index (χ1n) is 10.2. The van der Waals surface area contributed by atoms with Crippen LogP contribution in [-0.2, 0) is 11.4 Å². The van der Waals surface area contributed by atoms with E-state index >= 15 is 0 Å². The zero-order chi connectivity index (χ0) is 20.9. The number of amidine groups is 1. The van der Waals surface area contributed by atoms with Gasteiger partial charge in [0.2, 0.25) is 0 Å². The molecule has 0 unspecified atom stereocenters. The molecule has 156 valence electrons. The number of carbonyl (C=O) groups is 1. The van der Waals surface area contributed by atoms with Crippen LogP contribution in [0.2, 0.25) is 0 Å². The second kappa shape index (κ2) is 9.39. The van der Waals surface area contributed by atoms with E-state index in [0.717, 1.165) is 48.1 Å². The summed E-state index contributed by atoms with van der Waals surface area (Å²) in [4.78, 5) is 19.6. The topological polar surface area (TPSA) is 51.1 Å². The van der Waals surface area contributed by atoms with Crippen LogP contribution in [-0.4, -0.2) is 36.2 Å². The highest BCUT2D eigenvalue weighted by molar-refractivity contribution is 8.18. The second-order valence-corrected chi connectivity index (χ2v) is 8.67. The molecule has 2 aromatic rings. The lowest BCUT2D eigenvalue weighted by Gasteiger charge is -2.30. The molecule has 2 aromatic carbocycles. The van der Waals surface area contributed by atoms with Crippen LogP contribution in [0.3, 0.4) is 0 Å². The van der Waals surface area contributed by atoms with E-state index in [0.29, 0.717) is 23.0 Å². The first kappa shape index (κ1) is 20.5. The van der Waals surface area contributed by atoms with E-state index in [2.05, 4.69) is 16.8 Å². The zero-order valence-corrected chi connectivity index (χ0v) is 18.2. The Morgan fingerprint density at radius 2 is 1.90 bits per heavy atom. The number of ether oxygens (including phenoxy) is 2. The molecule has 0 radical (unpaired) electrons. The number of thioether (sulfide) groups is 1. The summed E-state index contributed by atoms with van der Waals surface area (Å²) in [5.41, 5.74) is 1.98. The molecule has 0 bridgehead atoms. The van der Waals surface area contributed by atoms with Crippen LogP contribution < -0.4 is 9.47 Å². The van der Waals surface area contributed by atoms with Gasteiger partial charge in [-0.3, -0.25) is 4.79 Å². The van der Waals surface area contributed by atoms with Crippen molar-refractivity contribution < 1.29 is 14.3 Å². The second-order valence-electron chi connectivity index (χ2n) is 7.66. The fraction of sp³-hybridized carbons (Fsp3) is 0.333. The molecule has 2 aliphatic rings. The summed E-state index contributed by atoms with van der Waals surface area (Å²) in [5, 5.41) is 0.827. The molecule has 0 aliphatic carbocycles. The zero-order valence-electron chi connectivity index (χ0n) is 17.3. The van der Waals surface area contributed by atoms with Gasteiger partial charge in [-0.05, 0) is 59.9 Å². The van der Waals surface area contributed by atoms with Gasteiger partial charge in [0.1, 0.15) is 6.61 Å². The molecule has 1 fully saturated rings. The van der Waals surface area contributed by atoms with Gasteiger partial charge in [-0.2, -0.15) is 4.99 Å². The van der Waals surface area contributed by atoms with Crippen LogP contribution in [0, 0.1) is 5.92 Å². The third-order valence-corrected chi connectivity index (χ3v) is 6.43. The highest BCUT2D eigenvalue weighted by atomic mass is 32.2. The highest BCUT2D eigenvalue weighted by Crippen LogP contribution is 2.34. The summed E-state index contributed by atoms with van der Waals surface area (Å²) >= 11 is 1.46. The standard InChI is InChI=1S/C24H26N2O3S/c1-17-10-12-26(13-11-17)24-25-23(27)22(30-24)15-19-8-9-20(21(14-19)28-2)29-16-18-6-4-3-5-7-18/h3-9,14-15,17H,10-13,16H2,1-2H3. The van der Waals surface area contributed by atoms with Crippen molar-refractivity contribution in [3.05, 3.63) is 64.6 Å². The molecule has 2 aliphatic heterocycles. The maximum atomic E-state index is 12.4. The Labute approximate surface area is 181 Å². The molecule has 0 saturated carbocycles. The number of aliphatic imine (C=N–C) groups is 1. The summed E-state index contributed by atoms with van der Waals surface area (Å²) in [5.74, 6) is 1.89. The number of nitrogens with zero attached hydrogens (tertiary/aromatic N) is 2. The maximum absolute atomic E-state index is 12.4. The van der Waals surface area contributed by atoms with Gasteiger partial charge in [-0.1, -0.05) is 43.3 Å². The number of carbonyl (C=O) groups excluding carboxylic acids is 1. The average molecular weight is 423 g/mol. The fourth-order valence-corrected chi connectivity index (χ4v) is 4.48. The van der Waals surface area contributed by atoms with Crippen molar-refractivity contribution in [2.45, 2.75) is 26.4 Å². The number of piperidine rings is 1. The number of hydrogen-bond donors (Lipinski definition) is 0. The molecule has 6 heteroatoms. The summed E-state index contributed by atoms with van der Waals surface area (Å²) in [6.07, 6.45) is 4.17. The highest BCUT2D eigenvalue weighted by Gasteiger charge is 2.28. The van der Waals surface area contributed by atoms with E-state index in [4.69, 9.17) is 9.47 Å². The summed E-state index contributed by atoms with van der Waals surface area (Å²) in [6, 6.07) is 15.7. The minimum absolute atomic E-state index is 0.169. The molecule has 0 N–H and O–H groups in total. The normalized spacial score (nSPS) is 18.6. The maximum Gasteiger partial charge on any atom is 0.286 e. The largest absolute Gasteiger partial charge is 0.493 e. The van der Waals surface area contributed by atoms with Crippen LogP contribution in [0.1, 0.15) is 30.9 Å². The Kier molecular flexibility index (Phi) is 6.43. The van der Waals surface area contributed by atoms with E-state index in [1.165, 1.54) is 11.8 Å². The van der Waals surface area contributed by atoms with Gasteiger partial charge in [0.15, 0.2) is 16.7 Å². The molecule has 4 rings (SSSR count). The predicted molar refractivity (Wildman–Crippen MR) is 122 cm³/mol. The van der Waals surface area contributed by atoms with E-state index in [9.17, 15) is 4.79 Å². The lowest BCUT2D eigenvalue weighted by Crippen LogP contribution is -2.35. The summed E-state index contributed by atoms with van der Waals surface area (Å²) in [6.45, 7) is 4.68. The van der Waals surface area contributed by atoms with Crippen LogP contribution in [0.25, 0.3) is 6.08 Å². The lowest BCUT2D eigenvalue weighted by molar-refractivity contribution is -0.113. The van der Waals surface area contributed by atoms with Crippen LogP contribution in [0.15, 0.2) is 58.4 Å². The molecule has 0 spiro atoms. The van der Waals surface area contributed by atoms with Crippen LogP contribution in [0.5, 0.6) is 11.5 Å². The fourth-order valence-electron chi connectivity index (χ4n) is 3.51. The minimum atomic E-state index is -0.169. The summed E-state index contributed by atoms with van der Waals surface area (Å²) < 4.78 is 11.4.